The molecule has 0 amide bonds. The van der Waals surface area contributed by atoms with Crippen LogP contribution in [0.25, 0.3) is 5.70 Å². The van der Waals surface area contributed by atoms with Gasteiger partial charge in [0.1, 0.15) is 23.5 Å². The summed E-state index contributed by atoms with van der Waals surface area (Å²) in [7, 11) is 0. The highest BCUT2D eigenvalue weighted by Gasteiger charge is 2.59. The van der Waals surface area contributed by atoms with Gasteiger partial charge in [-0.3, -0.25) is 5.41 Å². The highest BCUT2D eigenvalue weighted by Crippen LogP contribution is 2.38. The Kier molecular flexibility index (Phi) is 7.52. The summed E-state index contributed by atoms with van der Waals surface area (Å²) in [5.41, 5.74) is 1.70. The largest absolute Gasteiger partial charge is 0.428 e. The van der Waals surface area contributed by atoms with Crippen molar-refractivity contribution in [3.63, 3.8) is 0 Å². The lowest BCUT2D eigenvalue weighted by atomic mass is 10.0. The van der Waals surface area contributed by atoms with Gasteiger partial charge in [-0.05, 0) is 12.1 Å². The van der Waals surface area contributed by atoms with Crippen molar-refractivity contribution in [1.29, 1.82) is 5.41 Å². The van der Waals surface area contributed by atoms with E-state index in [4.69, 9.17) is 15.7 Å². The van der Waals surface area contributed by atoms with Crippen molar-refractivity contribution in [3.05, 3.63) is 83.5 Å². The maximum Gasteiger partial charge on any atom is 0.428 e. The molecule has 204 valence electrons. The van der Waals surface area contributed by atoms with Crippen LogP contribution in [0.3, 0.4) is 0 Å². The van der Waals surface area contributed by atoms with Crippen LogP contribution < -0.4 is 16.4 Å². The molecule has 0 aliphatic rings. The van der Waals surface area contributed by atoms with Crippen molar-refractivity contribution in [2.75, 3.05) is 17.6 Å². The summed E-state index contributed by atoms with van der Waals surface area (Å²) in [6.45, 7) is -1.41. The Morgan fingerprint density at radius 1 is 1.13 bits per heavy atom. The molecule has 0 saturated carbocycles. The number of aromatic nitrogens is 5. The number of nitrogens with one attached hydrogen (secondary N) is 3. The van der Waals surface area contributed by atoms with Gasteiger partial charge in [0.25, 0.3) is 11.5 Å². The standard InChI is InChI=1S/C22H18F5N9O3/c23-12-4-2-1-3-11(12)8-30-16(15-5-6-38-36-15)7-14(28)18-31-9-13(24)17(33-18)32-10-21(37,22(25,26)27)19-34-35-20(29)39-19/h1-7,9,28,30,37H,8,10H2,(H2,29,35)(H,31,32,33)/b16-7-,28-14?. The summed E-state index contributed by atoms with van der Waals surface area (Å²) in [6, 6.07) is 6.69. The zero-order valence-electron chi connectivity index (χ0n) is 19.5. The van der Waals surface area contributed by atoms with E-state index in [2.05, 4.69) is 35.1 Å². The summed E-state index contributed by atoms with van der Waals surface area (Å²) in [4.78, 5) is 7.45. The number of anilines is 2. The van der Waals surface area contributed by atoms with Crippen LogP contribution in [0.5, 0.6) is 0 Å². The number of nitrogens with zero attached hydrogens (tertiary/aromatic N) is 5. The molecular weight excluding hydrogens is 533 g/mol. The maximum atomic E-state index is 14.4. The molecule has 0 radical (unpaired) electrons. The predicted octanol–water partition coefficient (Wildman–Crippen LogP) is 2.77. The number of alkyl halides is 3. The first-order valence-electron chi connectivity index (χ1n) is 10.8. The van der Waals surface area contributed by atoms with Crippen LogP contribution in [-0.4, -0.2) is 48.9 Å². The van der Waals surface area contributed by atoms with E-state index >= 15 is 0 Å². The van der Waals surface area contributed by atoms with Gasteiger partial charge >= 0.3 is 12.2 Å². The first-order chi connectivity index (χ1) is 18.5. The van der Waals surface area contributed by atoms with E-state index in [9.17, 15) is 27.1 Å². The number of benzene rings is 1. The van der Waals surface area contributed by atoms with Crippen molar-refractivity contribution < 1.29 is 36.0 Å². The summed E-state index contributed by atoms with van der Waals surface area (Å²) in [5.74, 6) is -4.11. The SMILES string of the molecule is N=C(/C=C(\NCc1ccccc1F)c1ccon1)c1ncc(F)c(NCC(O)(c2nnc(N)o2)C(F)(F)F)n1. The van der Waals surface area contributed by atoms with Crippen molar-refractivity contribution in [3.8, 4) is 0 Å². The molecule has 1 aromatic carbocycles. The Morgan fingerprint density at radius 3 is 2.54 bits per heavy atom. The van der Waals surface area contributed by atoms with Crippen LogP contribution in [0.2, 0.25) is 0 Å². The molecule has 3 aromatic heterocycles. The number of aliphatic hydroxyl groups is 1. The van der Waals surface area contributed by atoms with E-state index in [1.807, 2.05) is 5.32 Å². The first-order valence-corrected chi connectivity index (χ1v) is 10.8. The highest BCUT2D eigenvalue weighted by atomic mass is 19.4. The number of allylic oxidation sites excluding steroid dienone is 1. The van der Waals surface area contributed by atoms with Crippen LogP contribution >= 0.6 is 0 Å². The average molecular weight is 551 g/mol. The molecule has 6 N–H and O–H groups in total. The normalized spacial score (nSPS) is 13.6. The number of hydrogen-bond acceptors (Lipinski definition) is 12. The minimum atomic E-state index is -5.34. The molecule has 1 unspecified atom stereocenters. The Hall–Kier alpha value is -4.93. The number of hydrogen-bond donors (Lipinski definition) is 5. The summed E-state index contributed by atoms with van der Waals surface area (Å²) in [5, 5.41) is 33.5. The molecule has 3 heterocycles. The lowest BCUT2D eigenvalue weighted by Crippen LogP contribution is -2.48. The molecule has 17 heteroatoms. The Morgan fingerprint density at radius 2 is 1.90 bits per heavy atom. The van der Waals surface area contributed by atoms with Crippen molar-refractivity contribution in [1.82, 2.24) is 30.6 Å². The second-order valence-electron chi connectivity index (χ2n) is 7.85. The fraction of sp³-hybridized carbons (Fsp3) is 0.182. The maximum absolute atomic E-state index is 14.4. The molecule has 4 rings (SSSR count). The lowest BCUT2D eigenvalue weighted by Gasteiger charge is -2.27. The average Bonchev–Trinajstić information content (AvgIpc) is 3.58. The van der Waals surface area contributed by atoms with Crippen molar-refractivity contribution in [2.24, 2.45) is 0 Å². The monoisotopic (exact) mass is 551 g/mol. The zero-order chi connectivity index (χ0) is 28.2. The van der Waals surface area contributed by atoms with Crippen LogP contribution in [0, 0.1) is 17.0 Å². The topological polar surface area (TPSA) is 185 Å². The Balaban J connectivity index is 1.57. The van der Waals surface area contributed by atoms with Gasteiger partial charge in [-0.1, -0.05) is 28.5 Å². The van der Waals surface area contributed by atoms with Gasteiger partial charge < -0.3 is 30.4 Å². The second-order valence-corrected chi connectivity index (χ2v) is 7.85. The van der Waals surface area contributed by atoms with Gasteiger partial charge in [0.2, 0.25) is 0 Å². The molecular formula is C22H18F5N9O3. The van der Waals surface area contributed by atoms with E-state index in [-0.39, 0.29) is 17.9 Å². The van der Waals surface area contributed by atoms with Gasteiger partial charge in [0.05, 0.1) is 18.4 Å². The summed E-state index contributed by atoms with van der Waals surface area (Å²) >= 11 is 0. The molecule has 0 bridgehead atoms. The third kappa shape index (κ3) is 5.98. The number of rotatable bonds is 10. The molecule has 0 spiro atoms. The molecule has 0 fully saturated rings. The van der Waals surface area contributed by atoms with Crippen LogP contribution in [-0.2, 0) is 12.1 Å². The van der Waals surface area contributed by atoms with Crippen LogP contribution in [0.1, 0.15) is 23.0 Å². The summed E-state index contributed by atoms with van der Waals surface area (Å²) < 4.78 is 78.6. The van der Waals surface area contributed by atoms with E-state index < -0.39 is 59.2 Å². The fourth-order valence-corrected chi connectivity index (χ4v) is 3.14. The minimum Gasteiger partial charge on any atom is -0.405 e. The lowest BCUT2D eigenvalue weighted by molar-refractivity contribution is -0.268. The number of halogens is 5. The molecule has 12 nitrogen and oxygen atoms in total. The molecule has 0 aliphatic heterocycles. The minimum absolute atomic E-state index is 0.00800. The van der Waals surface area contributed by atoms with Crippen LogP contribution in [0.15, 0.2) is 57.8 Å². The van der Waals surface area contributed by atoms with Gasteiger partial charge in [-0.2, -0.15) is 13.2 Å². The third-order valence-corrected chi connectivity index (χ3v) is 5.19. The summed E-state index contributed by atoms with van der Waals surface area (Å²) in [6.07, 6.45) is -2.28. The van der Waals surface area contributed by atoms with Crippen molar-refractivity contribution in [2.45, 2.75) is 18.3 Å². The molecule has 39 heavy (non-hydrogen) atoms. The smallest absolute Gasteiger partial charge is 0.405 e. The molecule has 0 aliphatic carbocycles. The van der Waals surface area contributed by atoms with Crippen molar-refractivity contribution >= 4 is 23.2 Å². The van der Waals surface area contributed by atoms with E-state index in [1.165, 1.54) is 30.5 Å². The van der Waals surface area contributed by atoms with E-state index in [1.54, 1.807) is 12.1 Å². The zero-order valence-corrected chi connectivity index (χ0v) is 19.5. The first kappa shape index (κ1) is 27.1. The number of nitrogen functional groups attached to an aromatic ring is 1. The fourth-order valence-electron chi connectivity index (χ4n) is 3.14. The third-order valence-electron chi connectivity index (χ3n) is 5.19. The molecule has 0 saturated heterocycles. The van der Waals surface area contributed by atoms with Gasteiger partial charge in [0, 0.05) is 18.2 Å². The van der Waals surface area contributed by atoms with Gasteiger partial charge in [-0.15, -0.1) is 5.10 Å². The van der Waals surface area contributed by atoms with E-state index in [0.29, 0.717) is 11.8 Å². The van der Waals surface area contributed by atoms with Crippen LogP contribution in [0.4, 0.5) is 33.8 Å². The molecule has 1 atom stereocenters. The number of nitrogens with two attached hydrogens (primary N) is 1. The second kappa shape index (κ2) is 10.8. The Labute approximate surface area is 215 Å². The highest BCUT2D eigenvalue weighted by molar-refractivity contribution is 6.07. The van der Waals surface area contributed by atoms with Gasteiger partial charge in [-0.25, -0.2) is 18.7 Å². The quantitative estimate of drug-likeness (QED) is 0.144. The predicted molar refractivity (Wildman–Crippen MR) is 124 cm³/mol. The Bertz CT molecular complexity index is 1490. The van der Waals surface area contributed by atoms with Gasteiger partial charge in [0.15, 0.2) is 17.5 Å². The molecule has 4 aromatic rings. The van der Waals surface area contributed by atoms with E-state index in [0.717, 1.165) is 0 Å².